The topological polar surface area (TPSA) is 142 Å². The fraction of sp³-hybridized carbons (Fsp3) is 0.200. The van der Waals surface area contributed by atoms with Crippen LogP contribution in [0.5, 0.6) is 17.2 Å². The first-order chi connectivity index (χ1) is 17.0. The quantitative estimate of drug-likeness (QED) is 0.335. The lowest BCUT2D eigenvalue weighted by molar-refractivity contribution is 0.0997. The second-order valence-electron chi connectivity index (χ2n) is 8.90. The van der Waals surface area contributed by atoms with Gasteiger partial charge in [0.1, 0.15) is 17.3 Å². The number of urea groups is 1. The smallest absolute Gasteiger partial charge is 0.324 e. The van der Waals surface area contributed by atoms with Gasteiger partial charge in [-0.05, 0) is 24.3 Å². The number of benzene rings is 2. The molecule has 11 heteroatoms. The average molecular weight is 493 g/mol. The minimum absolute atomic E-state index is 0.101. The van der Waals surface area contributed by atoms with Crippen LogP contribution < -0.4 is 25.8 Å². The van der Waals surface area contributed by atoms with Gasteiger partial charge in [0.15, 0.2) is 17.4 Å². The Hall–Kier alpha value is -4.67. The van der Waals surface area contributed by atoms with Crippen molar-refractivity contribution in [2.75, 3.05) is 17.7 Å². The van der Waals surface area contributed by atoms with Crippen LogP contribution in [0, 0.1) is 5.82 Å². The number of rotatable bonds is 6. The van der Waals surface area contributed by atoms with Gasteiger partial charge in [0.05, 0.1) is 18.2 Å². The summed E-state index contributed by atoms with van der Waals surface area (Å²) < 4.78 is 31.0. The number of anilines is 2. The van der Waals surface area contributed by atoms with Crippen molar-refractivity contribution in [3.05, 3.63) is 65.8 Å². The van der Waals surface area contributed by atoms with E-state index in [-0.39, 0.29) is 39.7 Å². The maximum Gasteiger partial charge on any atom is 0.324 e. The molecule has 2 heterocycles. The van der Waals surface area contributed by atoms with E-state index in [0.29, 0.717) is 16.7 Å². The lowest BCUT2D eigenvalue weighted by atomic mass is 9.93. The highest BCUT2D eigenvalue weighted by Crippen LogP contribution is 2.34. The van der Waals surface area contributed by atoms with E-state index < -0.39 is 17.8 Å². The molecule has 4 N–H and O–H groups in total. The summed E-state index contributed by atoms with van der Waals surface area (Å²) in [5, 5.41) is 9.32. The summed E-state index contributed by atoms with van der Waals surface area (Å²) in [4.78, 5) is 28.3. The molecule has 0 aliphatic rings. The van der Waals surface area contributed by atoms with E-state index in [4.69, 9.17) is 19.7 Å². The van der Waals surface area contributed by atoms with Crippen molar-refractivity contribution in [2.24, 2.45) is 5.73 Å². The lowest BCUT2D eigenvalue weighted by Gasteiger charge is -2.13. The van der Waals surface area contributed by atoms with E-state index in [1.54, 1.807) is 12.1 Å². The number of amides is 3. The molecule has 4 aromatic rings. The molecular formula is C25H24FN5O5. The van der Waals surface area contributed by atoms with Crippen molar-refractivity contribution in [1.82, 2.24) is 10.1 Å². The minimum atomic E-state index is -0.724. The summed E-state index contributed by atoms with van der Waals surface area (Å²) in [6.45, 7) is 5.85. The first-order valence-corrected chi connectivity index (χ1v) is 10.8. The number of ether oxygens (including phenoxy) is 2. The molecule has 0 saturated carbocycles. The zero-order valence-corrected chi connectivity index (χ0v) is 20.0. The fourth-order valence-corrected chi connectivity index (χ4v) is 3.34. The molecule has 0 unspecified atom stereocenters. The van der Waals surface area contributed by atoms with Crippen molar-refractivity contribution in [3.63, 3.8) is 0 Å². The molecule has 10 nitrogen and oxygen atoms in total. The molecule has 0 radical (unpaired) electrons. The summed E-state index contributed by atoms with van der Waals surface area (Å²) >= 11 is 0. The van der Waals surface area contributed by atoms with E-state index in [1.807, 2.05) is 20.8 Å². The fourth-order valence-electron chi connectivity index (χ4n) is 3.34. The van der Waals surface area contributed by atoms with Crippen LogP contribution in [0.15, 0.2) is 53.2 Å². The predicted octanol–water partition coefficient (Wildman–Crippen LogP) is 5.20. The van der Waals surface area contributed by atoms with Crippen molar-refractivity contribution in [2.45, 2.75) is 26.2 Å². The van der Waals surface area contributed by atoms with Gasteiger partial charge in [0.2, 0.25) is 0 Å². The first kappa shape index (κ1) is 24.5. The second-order valence-corrected chi connectivity index (χ2v) is 8.90. The minimum Gasteiger partial charge on any atom is -0.496 e. The molecule has 0 spiro atoms. The highest BCUT2D eigenvalue weighted by atomic mass is 19.1. The van der Waals surface area contributed by atoms with Gasteiger partial charge in [0.25, 0.3) is 5.91 Å². The van der Waals surface area contributed by atoms with E-state index in [0.717, 1.165) is 6.07 Å². The van der Waals surface area contributed by atoms with Crippen LogP contribution in [0.4, 0.5) is 20.7 Å². The van der Waals surface area contributed by atoms with Crippen LogP contribution in [0.3, 0.4) is 0 Å². The molecular weight excluding hydrogens is 469 g/mol. The van der Waals surface area contributed by atoms with Crippen molar-refractivity contribution in [3.8, 4) is 17.2 Å². The van der Waals surface area contributed by atoms with Gasteiger partial charge in [-0.15, -0.1) is 0 Å². The Morgan fingerprint density at radius 3 is 2.44 bits per heavy atom. The third-order valence-electron chi connectivity index (χ3n) is 5.19. The number of nitrogens with two attached hydrogens (primary N) is 1. The van der Waals surface area contributed by atoms with Crippen LogP contribution in [0.2, 0.25) is 0 Å². The molecule has 0 aliphatic carbocycles. The monoisotopic (exact) mass is 493 g/mol. The number of primary amides is 1. The first-order valence-electron chi connectivity index (χ1n) is 10.8. The standard InChI is InChI=1S/C25H24FN5O5/c1-25(2,3)21-12-22(31-36-21)30-24(33)29-13-5-6-19(16(26)9-13)35-18-7-8-28-17-11-20(34-4)15(23(27)32)10-14(17)18/h5-12H,1-4H3,(H2,27,32)(H2,29,30,31,33). The third kappa shape index (κ3) is 5.19. The number of nitrogens with one attached hydrogen (secondary N) is 2. The average Bonchev–Trinajstić information content (AvgIpc) is 3.29. The Morgan fingerprint density at radius 2 is 1.81 bits per heavy atom. The van der Waals surface area contributed by atoms with Crippen LogP contribution in [0.25, 0.3) is 10.9 Å². The van der Waals surface area contributed by atoms with Crippen LogP contribution in [-0.4, -0.2) is 29.2 Å². The van der Waals surface area contributed by atoms with E-state index >= 15 is 0 Å². The Labute approximate surface area is 205 Å². The summed E-state index contributed by atoms with van der Waals surface area (Å²) in [7, 11) is 1.41. The van der Waals surface area contributed by atoms with Gasteiger partial charge in [0, 0.05) is 40.9 Å². The Balaban J connectivity index is 1.51. The third-order valence-corrected chi connectivity index (χ3v) is 5.19. The SMILES string of the molecule is COc1cc2nccc(Oc3ccc(NC(=O)Nc4cc(C(C)(C)C)on4)cc3F)c2cc1C(N)=O. The van der Waals surface area contributed by atoms with Crippen LogP contribution in [0.1, 0.15) is 36.9 Å². The van der Waals surface area contributed by atoms with Crippen LogP contribution >= 0.6 is 0 Å². The van der Waals surface area contributed by atoms with Crippen LogP contribution in [-0.2, 0) is 5.41 Å². The predicted molar refractivity (Wildman–Crippen MR) is 131 cm³/mol. The van der Waals surface area contributed by atoms with Gasteiger partial charge in [-0.2, -0.15) is 0 Å². The number of halogens is 1. The highest BCUT2D eigenvalue weighted by molar-refractivity contribution is 6.01. The molecule has 2 aromatic carbocycles. The van der Waals surface area contributed by atoms with Gasteiger partial charge in [-0.25, -0.2) is 9.18 Å². The highest BCUT2D eigenvalue weighted by Gasteiger charge is 2.20. The summed E-state index contributed by atoms with van der Waals surface area (Å²) in [6.07, 6.45) is 1.48. The Bertz CT molecular complexity index is 1460. The number of pyridine rings is 1. The van der Waals surface area contributed by atoms with Gasteiger partial charge < -0.3 is 25.0 Å². The number of methoxy groups -OCH3 is 1. The lowest BCUT2D eigenvalue weighted by Crippen LogP contribution is -2.19. The van der Waals surface area contributed by atoms with Gasteiger partial charge in [-0.1, -0.05) is 25.9 Å². The molecule has 0 saturated heterocycles. The molecule has 0 fully saturated rings. The number of hydrogen-bond acceptors (Lipinski definition) is 7. The Morgan fingerprint density at radius 1 is 1.03 bits per heavy atom. The number of carbonyl (C=O) groups is 2. The van der Waals surface area contributed by atoms with Gasteiger partial charge >= 0.3 is 6.03 Å². The van der Waals surface area contributed by atoms with Crippen molar-refractivity contribution in [1.29, 1.82) is 0 Å². The normalized spacial score (nSPS) is 11.2. The molecule has 4 rings (SSSR count). The second kappa shape index (κ2) is 9.53. The molecule has 0 aliphatic heterocycles. The largest absolute Gasteiger partial charge is 0.496 e. The number of aromatic nitrogens is 2. The number of hydrogen-bond donors (Lipinski definition) is 3. The van der Waals surface area contributed by atoms with E-state index in [9.17, 15) is 14.0 Å². The number of fused-ring (bicyclic) bond motifs is 1. The Kier molecular flexibility index (Phi) is 6.47. The van der Waals surface area contributed by atoms with Crippen molar-refractivity contribution >= 4 is 34.3 Å². The maximum absolute atomic E-state index is 14.8. The van der Waals surface area contributed by atoms with Gasteiger partial charge in [-0.3, -0.25) is 15.1 Å². The molecule has 0 atom stereocenters. The number of nitrogens with zero attached hydrogens (tertiary/aromatic N) is 2. The zero-order chi connectivity index (χ0) is 26.0. The zero-order valence-electron chi connectivity index (χ0n) is 20.0. The summed E-state index contributed by atoms with van der Waals surface area (Å²) in [5.41, 5.74) is 5.97. The van der Waals surface area contributed by atoms with Crippen molar-refractivity contribution < 1.29 is 28.0 Å². The van der Waals surface area contributed by atoms with E-state index in [2.05, 4.69) is 20.8 Å². The summed E-state index contributed by atoms with van der Waals surface area (Å²) in [6, 6.07) is 9.50. The molecule has 2 aromatic heterocycles. The summed E-state index contributed by atoms with van der Waals surface area (Å²) in [5.74, 6) is -0.162. The molecule has 0 bridgehead atoms. The van der Waals surface area contributed by atoms with E-state index in [1.165, 1.54) is 37.6 Å². The molecule has 186 valence electrons. The number of carbonyl (C=O) groups excluding carboxylic acids is 2. The molecule has 3 amide bonds. The maximum atomic E-state index is 14.8. The molecule has 36 heavy (non-hydrogen) atoms.